The van der Waals surface area contributed by atoms with Crippen molar-refractivity contribution in [2.24, 2.45) is 5.73 Å². The monoisotopic (exact) mass is 256 g/mol. The number of anilines is 1. The molecule has 0 amide bonds. The van der Waals surface area contributed by atoms with Gasteiger partial charge >= 0.3 is 0 Å². The number of ether oxygens (including phenoxy) is 1. The molecular weight excluding hydrogens is 244 g/mol. The third-order valence-electron chi connectivity index (χ3n) is 2.58. The molecule has 1 aliphatic heterocycles. The maximum Gasteiger partial charge on any atom is 0.104 e. The third kappa shape index (κ3) is 2.45. The molecule has 3 nitrogen and oxygen atoms in total. The standard InChI is InChI=1S/C11H13ClN2OS/c12-9-7-8(11(13)16)1-2-10(9)14-3-5-15-6-4-14/h1-2,7H,3-6H2,(H2,13,16). The Balaban J connectivity index is 2.24. The Morgan fingerprint density at radius 1 is 1.38 bits per heavy atom. The van der Waals surface area contributed by atoms with Crippen LogP contribution in [0.4, 0.5) is 5.69 Å². The van der Waals surface area contributed by atoms with Crippen LogP contribution in [0.3, 0.4) is 0 Å². The van der Waals surface area contributed by atoms with Crippen LogP contribution in [0.15, 0.2) is 18.2 Å². The van der Waals surface area contributed by atoms with Gasteiger partial charge in [-0.2, -0.15) is 0 Å². The molecule has 0 aliphatic carbocycles. The molecule has 16 heavy (non-hydrogen) atoms. The Kier molecular flexibility index (Phi) is 3.63. The first-order chi connectivity index (χ1) is 7.68. The molecule has 2 rings (SSSR count). The summed E-state index contributed by atoms with van der Waals surface area (Å²) in [6.07, 6.45) is 0. The largest absolute Gasteiger partial charge is 0.389 e. The van der Waals surface area contributed by atoms with Crippen molar-refractivity contribution in [2.75, 3.05) is 31.2 Å². The first-order valence-corrected chi connectivity index (χ1v) is 5.89. The van der Waals surface area contributed by atoms with Gasteiger partial charge in [0, 0.05) is 18.7 Å². The summed E-state index contributed by atoms with van der Waals surface area (Å²) in [5.41, 5.74) is 7.37. The van der Waals surface area contributed by atoms with Gasteiger partial charge in [-0.25, -0.2) is 0 Å². The van der Waals surface area contributed by atoms with E-state index in [-0.39, 0.29) is 0 Å². The number of morpholine rings is 1. The molecule has 0 atom stereocenters. The third-order valence-corrected chi connectivity index (χ3v) is 3.12. The average Bonchev–Trinajstić information content (AvgIpc) is 2.30. The van der Waals surface area contributed by atoms with Crippen LogP contribution in [0, 0.1) is 0 Å². The van der Waals surface area contributed by atoms with Crippen molar-refractivity contribution in [3.63, 3.8) is 0 Å². The lowest BCUT2D eigenvalue weighted by atomic mass is 10.2. The Morgan fingerprint density at radius 2 is 2.06 bits per heavy atom. The highest BCUT2D eigenvalue weighted by Crippen LogP contribution is 2.27. The second-order valence-corrected chi connectivity index (χ2v) is 4.48. The van der Waals surface area contributed by atoms with Crippen LogP contribution in [-0.4, -0.2) is 31.3 Å². The number of hydrogen-bond donors (Lipinski definition) is 1. The van der Waals surface area contributed by atoms with Crippen molar-refractivity contribution < 1.29 is 4.74 Å². The van der Waals surface area contributed by atoms with Crippen LogP contribution in [0.2, 0.25) is 5.02 Å². The van der Waals surface area contributed by atoms with Gasteiger partial charge in [-0.15, -0.1) is 0 Å². The van der Waals surface area contributed by atoms with E-state index < -0.39 is 0 Å². The number of halogens is 1. The predicted molar refractivity (Wildman–Crippen MR) is 70.4 cm³/mol. The fraction of sp³-hybridized carbons (Fsp3) is 0.364. The molecule has 0 saturated carbocycles. The van der Waals surface area contributed by atoms with Crippen molar-refractivity contribution in [1.29, 1.82) is 0 Å². The van der Waals surface area contributed by atoms with Gasteiger partial charge < -0.3 is 15.4 Å². The Labute approximate surface area is 105 Å². The van der Waals surface area contributed by atoms with Crippen LogP contribution in [0.25, 0.3) is 0 Å². The summed E-state index contributed by atoms with van der Waals surface area (Å²) in [6, 6.07) is 5.68. The number of rotatable bonds is 2. The summed E-state index contributed by atoms with van der Waals surface area (Å²) in [7, 11) is 0. The Morgan fingerprint density at radius 3 is 2.62 bits per heavy atom. The summed E-state index contributed by atoms with van der Waals surface area (Å²) >= 11 is 11.1. The lowest BCUT2D eigenvalue weighted by Gasteiger charge is -2.29. The van der Waals surface area contributed by atoms with Gasteiger partial charge in [0.2, 0.25) is 0 Å². The van der Waals surface area contributed by atoms with Crippen LogP contribution < -0.4 is 10.6 Å². The van der Waals surface area contributed by atoms with E-state index >= 15 is 0 Å². The number of hydrogen-bond acceptors (Lipinski definition) is 3. The minimum Gasteiger partial charge on any atom is -0.389 e. The van der Waals surface area contributed by atoms with Crippen LogP contribution in [0.5, 0.6) is 0 Å². The molecule has 1 aromatic carbocycles. The van der Waals surface area contributed by atoms with E-state index in [1.165, 1.54) is 0 Å². The zero-order valence-corrected chi connectivity index (χ0v) is 10.4. The molecular formula is C11H13ClN2OS. The van der Waals surface area contributed by atoms with Gasteiger partial charge in [0.1, 0.15) is 4.99 Å². The molecule has 0 spiro atoms. The minimum absolute atomic E-state index is 0.371. The van der Waals surface area contributed by atoms with E-state index in [1.54, 1.807) is 0 Å². The first-order valence-electron chi connectivity index (χ1n) is 5.10. The molecule has 2 N–H and O–H groups in total. The van der Waals surface area contributed by atoms with E-state index in [4.69, 9.17) is 34.3 Å². The summed E-state index contributed by atoms with van der Waals surface area (Å²) in [4.78, 5) is 2.57. The number of nitrogens with two attached hydrogens (primary N) is 1. The van der Waals surface area contributed by atoms with Crippen molar-refractivity contribution in [2.45, 2.75) is 0 Å². The van der Waals surface area contributed by atoms with E-state index in [9.17, 15) is 0 Å². The molecule has 5 heteroatoms. The highest BCUT2D eigenvalue weighted by Gasteiger charge is 2.14. The molecule has 1 heterocycles. The maximum absolute atomic E-state index is 6.21. The topological polar surface area (TPSA) is 38.5 Å². The van der Waals surface area contributed by atoms with Crippen LogP contribution in [-0.2, 0) is 4.74 Å². The summed E-state index contributed by atoms with van der Waals surface area (Å²) in [5, 5.41) is 0.687. The van der Waals surface area contributed by atoms with Gasteiger partial charge in [0.05, 0.1) is 23.9 Å². The highest BCUT2D eigenvalue weighted by molar-refractivity contribution is 7.80. The molecule has 0 unspecified atom stereocenters. The van der Waals surface area contributed by atoms with Crippen molar-refractivity contribution in [3.05, 3.63) is 28.8 Å². The quantitative estimate of drug-likeness (QED) is 0.820. The molecule has 1 saturated heterocycles. The molecule has 1 aromatic rings. The molecule has 86 valence electrons. The molecule has 0 radical (unpaired) electrons. The number of benzene rings is 1. The summed E-state index contributed by atoms with van der Waals surface area (Å²) in [5.74, 6) is 0. The number of thiocarbonyl (C=S) groups is 1. The predicted octanol–water partition coefficient (Wildman–Crippen LogP) is 1.81. The van der Waals surface area contributed by atoms with Gasteiger partial charge in [-0.3, -0.25) is 0 Å². The molecule has 1 aliphatic rings. The second kappa shape index (κ2) is 4.99. The average molecular weight is 257 g/mol. The smallest absolute Gasteiger partial charge is 0.104 e. The van der Waals surface area contributed by atoms with E-state index in [1.807, 2.05) is 18.2 Å². The van der Waals surface area contributed by atoms with Crippen molar-refractivity contribution in [3.8, 4) is 0 Å². The van der Waals surface area contributed by atoms with E-state index in [0.29, 0.717) is 10.0 Å². The van der Waals surface area contributed by atoms with Gasteiger partial charge in [-0.1, -0.05) is 23.8 Å². The number of nitrogens with zero attached hydrogens (tertiary/aromatic N) is 1. The van der Waals surface area contributed by atoms with Gasteiger partial charge in [0.15, 0.2) is 0 Å². The Bertz CT molecular complexity index is 405. The SMILES string of the molecule is NC(=S)c1ccc(N2CCOCC2)c(Cl)c1. The van der Waals surface area contributed by atoms with E-state index in [0.717, 1.165) is 37.6 Å². The van der Waals surface area contributed by atoms with Crippen LogP contribution >= 0.6 is 23.8 Å². The highest BCUT2D eigenvalue weighted by atomic mass is 35.5. The summed E-state index contributed by atoms with van der Waals surface area (Å²) in [6.45, 7) is 3.22. The fourth-order valence-electron chi connectivity index (χ4n) is 1.72. The second-order valence-electron chi connectivity index (χ2n) is 3.63. The first kappa shape index (κ1) is 11.6. The zero-order valence-electron chi connectivity index (χ0n) is 8.78. The normalized spacial score (nSPS) is 16.2. The fourth-order valence-corrected chi connectivity index (χ4v) is 2.15. The van der Waals surface area contributed by atoms with E-state index in [2.05, 4.69) is 4.90 Å². The van der Waals surface area contributed by atoms with Crippen LogP contribution in [0.1, 0.15) is 5.56 Å². The Hall–Kier alpha value is -0.840. The maximum atomic E-state index is 6.21. The molecule has 0 aromatic heterocycles. The minimum atomic E-state index is 0.371. The van der Waals surface area contributed by atoms with Gasteiger partial charge in [-0.05, 0) is 18.2 Å². The zero-order chi connectivity index (χ0) is 11.5. The summed E-state index contributed by atoms with van der Waals surface area (Å²) < 4.78 is 5.30. The van der Waals surface area contributed by atoms with Gasteiger partial charge in [0.25, 0.3) is 0 Å². The lowest BCUT2D eigenvalue weighted by molar-refractivity contribution is 0.122. The van der Waals surface area contributed by atoms with Crippen molar-refractivity contribution in [1.82, 2.24) is 0 Å². The molecule has 0 bridgehead atoms. The lowest BCUT2D eigenvalue weighted by Crippen LogP contribution is -2.36. The molecule has 1 fully saturated rings. The van der Waals surface area contributed by atoms with Crippen molar-refractivity contribution >= 4 is 34.5 Å².